The van der Waals surface area contributed by atoms with Crippen molar-refractivity contribution >= 4 is 11.6 Å². The summed E-state index contributed by atoms with van der Waals surface area (Å²) >= 11 is 6.00. The second-order valence-corrected chi connectivity index (χ2v) is 5.50. The maximum Gasteiger partial charge on any atom is 0.129 e. The highest BCUT2D eigenvalue weighted by Gasteiger charge is 2.14. The second kappa shape index (κ2) is 6.71. The summed E-state index contributed by atoms with van der Waals surface area (Å²) in [5.74, 6) is -0.348. The first-order valence-corrected chi connectivity index (χ1v) is 7.03. The van der Waals surface area contributed by atoms with Crippen molar-refractivity contribution in [2.75, 3.05) is 7.05 Å². The van der Waals surface area contributed by atoms with Crippen LogP contribution in [-0.2, 0) is 6.54 Å². The van der Waals surface area contributed by atoms with Crippen molar-refractivity contribution in [3.63, 3.8) is 0 Å². The van der Waals surface area contributed by atoms with Gasteiger partial charge in [0.15, 0.2) is 0 Å². The number of hydrogen-bond donors (Lipinski definition) is 0. The molecule has 21 heavy (non-hydrogen) atoms. The van der Waals surface area contributed by atoms with Crippen molar-refractivity contribution in [2.45, 2.75) is 19.5 Å². The molecule has 0 aliphatic carbocycles. The topological polar surface area (TPSA) is 27.0 Å². The van der Waals surface area contributed by atoms with Gasteiger partial charge in [0.25, 0.3) is 0 Å². The third-order valence-electron chi connectivity index (χ3n) is 3.59. The predicted molar refractivity (Wildman–Crippen MR) is 82.4 cm³/mol. The van der Waals surface area contributed by atoms with Gasteiger partial charge in [-0.05, 0) is 43.8 Å². The Morgan fingerprint density at radius 2 is 2.05 bits per heavy atom. The monoisotopic (exact) mass is 302 g/mol. The molecule has 0 aliphatic rings. The first kappa shape index (κ1) is 15.5. The molecule has 1 atom stereocenters. The molecule has 1 unspecified atom stereocenters. The Morgan fingerprint density at radius 3 is 2.67 bits per heavy atom. The molecule has 4 heteroatoms. The molecule has 0 saturated carbocycles. The Kier molecular flexibility index (Phi) is 4.95. The van der Waals surface area contributed by atoms with Gasteiger partial charge in [0, 0.05) is 23.2 Å². The normalized spacial score (nSPS) is 12.2. The average Bonchev–Trinajstić information content (AvgIpc) is 2.48. The highest BCUT2D eigenvalue weighted by Crippen LogP contribution is 2.24. The van der Waals surface area contributed by atoms with Crippen LogP contribution < -0.4 is 0 Å². The zero-order valence-corrected chi connectivity index (χ0v) is 12.7. The van der Waals surface area contributed by atoms with Gasteiger partial charge >= 0.3 is 0 Å². The number of rotatable bonds is 4. The van der Waals surface area contributed by atoms with Gasteiger partial charge in [0.1, 0.15) is 5.82 Å². The quantitative estimate of drug-likeness (QED) is 0.829. The molecule has 0 aromatic heterocycles. The molecule has 0 fully saturated rings. The first-order valence-electron chi connectivity index (χ1n) is 6.65. The summed E-state index contributed by atoms with van der Waals surface area (Å²) in [6, 6.07) is 14.3. The van der Waals surface area contributed by atoms with E-state index in [1.807, 2.05) is 49.2 Å². The van der Waals surface area contributed by atoms with E-state index in [-0.39, 0.29) is 11.9 Å². The van der Waals surface area contributed by atoms with E-state index in [4.69, 9.17) is 16.9 Å². The van der Waals surface area contributed by atoms with Crippen LogP contribution >= 0.6 is 11.6 Å². The van der Waals surface area contributed by atoms with Crippen LogP contribution in [0, 0.1) is 17.1 Å². The average molecular weight is 303 g/mol. The highest BCUT2D eigenvalue weighted by atomic mass is 35.5. The molecule has 0 aliphatic heterocycles. The fraction of sp³-hybridized carbons (Fsp3) is 0.235. The lowest BCUT2D eigenvalue weighted by Crippen LogP contribution is -2.22. The number of nitriles is 1. The number of hydrogen-bond acceptors (Lipinski definition) is 2. The van der Waals surface area contributed by atoms with E-state index in [2.05, 4.69) is 0 Å². The van der Waals surface area contributed by atoms with Crippen LogP contribution in [0.2, 0.25) is 5.02 Å². The van der Waals surface area contributed by atoms with Gasteiger partial charge in [-0.1, -0.05) is 29.8 Å². The Bertz CT molecular complexity index is 679. The zero-order chi connectivity index (χ0) is 15.4. The molecule has 0 amide bonds. The molecule has 108 valence electrons. The predicted octanol–water partition coefficient (Wildman–Crippen LogP) is 4.54. The lowest BCUT2D eigenvalue weighted by atomic mass is 10.1. The van der Waals surface area contributed by atoms with E-state index in [9.17, 15) is 4.39 Å². The maximum absolute atomic E-state index is 13.9. The van der Waals surface area contributed by atoms with Crippen LogP contribution in [0.4, 0.5) is 4.39 Å². The lowest BCUT2D eigenvalue weighted by molar-refractivity contribution is 0.249. The van der Waals surface area contributed by atoms with E-state index >= 15 is 0 Å². The summed E-state index contributed by atoms with van der Waals surface area (Å²) in [4.78, 5) is 2.04. The summed E-state index contributed by atoms with van der Waals surface area (Å²) in [6.45, 7) is 2.51. The standard InChI is InChI=1S/C17H16ClFN2/c1-12(14-4-3-5-16(18)9-14)21(2)11-15-7-6-13(10-20)8-17(15)19/h3-9,12H,11H2,1-2H3. The molecular weight excluding hydrogens is 287 g/mol. The minimum atomic E-state index is -0.348. The minimum absolute atomic E-state index is 0.110. The summed E-state index contributed by atoms with van der Waals surface area (Å²) in [7, 11) is 1.93. The number of halogens is 2. The van der Waals surface area contributed by atoms with Crippen LogP contribution in [0.1, 0.15) is 29.7 Å². The van der Waals surface area contributed by atoms with Gasteiger partial charge in [-0.15, -0.1) is 0 Å². The number of benzene rings is 2. The van der Waals surface area contributed by atoms with Gasteiger partial charge in [-0.2, -0.15) is 5.26 Å². The van der Waals surface area contributed by atoms with Crippen LogP contribution in [0.15, 0.2) is 42.5 Å². The summed E-state index contributed by atoms with van der Waals surface area (Å²) in [5.41, 5.74) is 1.99. The van der Waals surface area contributed by atoms with Crippen molar-refractivity contribution in [1.29, 1.82) is 5.26 Å². The Morgan fingerprint density at radius 1 is 1.29 bits per heavy atom. The Labute approximate surface area is 129 Å². The number of nitrogens with zero attached hydrogens (tertiary/aromatic N) is 2. The molecule has 0 bridgehead atoms. The van der Waals surface area contributed by atoms with Crippen LogP contribution in [0.5, 0.6) is 0 Å². The van der Waals surface area contributed by atoms with Crippen molar-refractivity contribution in [1.82, 2.24) is 4.90 Å². The van der Waals surface area contributed by atoms with Gasteiger partial charge in [-0.3, -0.25) is 4.90 Å². The maximum atomic E-state index is 13.9. The first-order chi connectivity index (χ1) is 10.0. The molecule has 2 nitrogen and oxygen atoms in total. The minimum Gasteiger partial charge on any atom is -0.295 e. The Balaban J connectivity index is 2.14. The summed E-state index contributed by atoms with van der Waals surface area (Å²) in [5, 5.41) is 9.45. The fourth-order valence-corrected chi connectivity index (χ4v) is 2.37. The van der Waals surface area contributed by atoms with Crippen LogP contribution in [-0.4, -0.2) is 11.9 Å². The van der Waals surface area contributed by atoms with Crippen molar-refractivity contribution in [2.24, 2.45) is 0 Å². The van der Waals surface area contributed by atoms with E-state index in [1.54, 1.807) is 12.1 Å². The van der Waals surface area contributed by atoms with Crippen molar-refractivity contribution in [3.8, 4) is 6.07 Å². The Hall–Kier alpha value is -1.89. The second-order valence-electron chi connectivity index (χ2n) is 5.06. The van der Waals surface area contributed by atoms with E-state index in [1.165, 1.54) is 6.07 Å². The summed E-state index contributed by atoms with van der Waals surface area (Å²) in [6.07, 6.45) is 0. The van der Waals surface area contributed by atoms with Crippen LogP contribution in [0.3, 0.4) is 0 Å². The molecule has 0 radical (unpaired) electrons. The van der Waals surface area contributed by atoms with Crippen LogP contribution in [0.25, 0.3) is 0 Å². The van der Waals surface area contributed by atoms with E-state index in [0.29, 0.717) is 22.7 Å². The van der Waals surface area contributed by atoms with E-state index < -0.39 is 0 Å². The van der Waals surface area contributed by atoms with Gasteiger partial charge in [0.05, 0.1) is 11.6 Å². The van der Waals surface area contributed by atoms with Crippen molar-refractivity contribution < 1.29 is 4.39 Å². The molecule has 0 N–H and O–H groups in total. The zero-order valence-electron chi connectivity index (χ0n) is 12.0. The molecule has 0 heterocycles. The molecule has 0 saturated heterocycles. The highest BCUT2D eigenvalue weighted by molar-refractivity contribution is 6.30. The molecule has 2 aromatic carbocycles. The summed E-state index contributed by atoms with van der Waals surface area (Å²) < 4.78 is 13.9. The fourth-order valence-electron chi connectivity index (χ4n) is 2.17. The molecular formula is C17H16ClFN2. The largest absolute Gasteiger partial charge is 0.295 e. The van der Waals surface area contributed by atoms with Crippen molar-refractivity contribution in [3.05, 3.63) is 70.0 Å². The molecule has 2 aromatic rings. The van der Waals surface area contributed by atoms with Gasteiger partial charge in [-0.25, -0.2) is 4.39 Å². The molecule has 0 spiro atoms. The smallest absolute Gasteiger partial charge is 0.129 e. The van der Waals surface area contributed by atoms with Gasteiger partial charge in [0.2, 0.25) is 0 Å². The molecule has 2 rings (SSSR count). The van der Waals surface area contributed by atoms with E-state index in [0.717, 1.165) is 5.56 Å². The lowest BCUT2D eigenvalue weighted by Gasteiger charge is -2.25. The third-order valence-corrected chi connectivity index (χ3v) is 3.83. The SMILES string of the molecule is CC(c1cccc(Cl)c1)N(C)Cc1ccc(C#N)cc1F. The van der Waals surface area contributed by atoms with Gasteiger partial charge < -0.3 is 0 Å². The third kappa shape index (κ3) is 3.81.